The van der Waals surface area contributed by atoms with Gasteiger partial charge in [-0.1, -0.05) is 54.1 Å². The topological polar surface area (TPSA) is 46.5 Å². The van der Waals surface area contributed by atoms with E-state index in [1.54, 1.807) is 37.3 Å². The van der Waals surface area contributed by atoms with Crippen LogP contribution in [0.1, 0.15) is 17.3 Å². The summed E-state index contributed by atoms with van der Waals surface area (Å²) in [5.74, 6) is -0.242. The molecule has 0 amide bonds. The van der Waals surface area contributed by atoms with Gasteiger partial charge in [-0.25, -0.2) is 4.79 Å². The molecule has 1 N–H and O–H groups in total. The third kappa shape index (κ3) is 3.52. The highest BCUT2D eigenvalue weighted by atomic mass is 35.5. The van der Waals surface area contributed by atoms with Gasteiger partial charge in [0, 0.05) is 10.6 Å². The molecule has 0 unspecified atom stereocenters. The first-order chi connectivity index (χ1) is 12.1. The lowest BCUT2D eigenvalue weighted by molar-refractivity contribution is 0.0527. The van der Waals surface area contributed by atoms with E-state index in [4.69, 9.17) is 16.3 Å². The molecule has 3 rings (SSSR count). The van der Waals surface area contributed by atoms with Crippen molar-refractivity contribution in [1.82, 2.24) is 0 Å². The molecule has 3 aromatic rings. The third-order valence-electron chi connectivity index (χ3n) is 3.89. The van der Waals surface area contributed by atoms with Crippen LogP contribution in [0.3, 0.4) is 0 Å². The monoisotopic (exact) mass is 352 g/mol. The maximum atomic E-state index is 12.3. The zero-order valence-electron chi connectivity index (χ0n) is 13.7. The number of esters is 1. The number of phenolic OH excluding ortho intramolecular Hbond substituents is 1. The average molecular weight is 353 g/mol. The Morgan fingerprint density at radius 2 is 1.52 bits per heavy atom. The fourth-order valence-corrected chi connectivity index (χ4v) is 2.95. The number of carbonyl (C=O) groups excluding carboxylic acids is 1. The fraction of sp³-hybridized carbons (Fsp3) is 0.0952. The van der Waals surface area contributed by atoms with Gasteiger partial charge in [-0.3, -0.25) is 0 Å². The smallest absolute Gasteiger partial charge is 0.338 e. The number of phenols is 1. The number of carbonyl (C=O) groups is 1. The van der Waals surface area contributed by atoms with E-state index in [0.717, 1.165) is 16.7 Å². The highest BCUT2D eigenvalue weighted by Crippen LogP contribution is 2.39. The molecule has 126 valence electrons. The number of ether oxygens (including phenoxy) is 1. The molecular formula is C21H17ClO3. The summed E-state index contributed by atoms with van der Waals surface area (Å²) in [7, 11) is 0. The van der Waals surface area contributed by atoms with Gasteiger partial charge in [0.05, 0.1) is 12.2 Å². The molecule has 0 aliphatic rings. The van der Waals surface area contributed by atoms with Gasteiger partial charge in [0.25, 0.3) is 0 Å². The summed E-state index contributed by atoms with van der Waals surface area (Å²) in [5, 5.41) is 10.8. The first-order valence-electron chi connectivity index (χ1n) is 7.96. The highest BCUT2D eigenvalue weighted by Gasteiger charge is 2.17. The van der Waals surface area contributed by atoms with Crippen LogP contribution in [-0.4, -0.2) is 17.7 Å². The maximum Gasteiger partial charge on any atom is 0.338 e. The Kier molecular flexibility index (Phi) is 5.05. The van der Waals surface area contributed by atoms with Gasteiger partial charge in [-0.2, -0.15) is 0 Å². The van der Waals surface area contributed by atoms with Crippen molar-refractivity contribution in [2.24, 2.45) is 0 Å². The zero-order valence-corrected chi connectivity index (χ0v) is 14.5. The van der Waals surface area contributed by atoms with Crippen molar-refractivity contribution < 1.29 is 14.6 Å². The largest absolute Gasteiger partial charge is 0.507 e. The van der Waals surface area contributed by atoms with Crippen molar-refractivity contribution >= 4 is 17.6 Å². The van der Waals surface area contributed by atoms with E-state index in [1.807, 2.05) is 36.4 Å². The fourth-order valence-electron chi connectivity index (χ4n) is 2.78. The summed E-state index contributed by atoms with van der Waals surface area (Å²) in [5.41, 5.74) is 3.46. The van der Waals surface area contributed by atoms with E-state index >= 15 is 0 Å². The van der Waals surface area contributed by atoms with Crippen LogP contribution in [0, 0.1) is 0 Å². The molecule has 3 aromatic carbocycles. The normalized spacial score (nSPS) is 10.5. The molecule has 0 aromatic heterocycles. The van der Waals surface area contributed by atoms with Gasteiger partial charge in [0.2, 0.25) is 0 Å². The lowest BCUT2D eigenvalue weighted by Crippen LogP contribution is -2.06. The predicted molar refractivity (Wildman–Crippen MR) is 99.9 cm³/mol. The van der Waals surface area contributed by atoms with Crippen LogP contribution in [0.15, 0.2) is 66.7 Å². The van der Waals surface area contributed by atoms with Crippen molar-refractivity contribution in [3.8, 4) is 28.0 Å². The molecule has 0 saturated carbocycles. The van der Waals surface area contributed by atoms with E-state index in [1.165, 1.54) is 0 Å². The minimum Gasteiger partial charge on any atom is -0.507 e. The van der Waals surface area contributed by atoms with Gasteiger partial charge >= 0.3 is 5.97 Å². The Morgan fingerprint density at radius 1 is 0.920 bits per heavy atom. The lowest BCUT2D eigenvalue weighted by Gasteiger charge is -2.14. The van der Waals surface area contributed by atoms with Gasteiger partial charge in [0.15, 0.2) is 0 Å². The minimum atomic E-state index is -0.372. The Balaban J connectivity index is 2.21. The summed E-state index contributed by atoms with van der Waals surface area (Å²) >= 11 is 6.10. The van der Waals surface area contributed by atoms with Crippen molar-refractivity contribution in [3.63, 3.8) is 0 Å². The molecule has 0 atom stereocenters. The molecule has 0 fully saturated rings. The summed E-state index contributed by atoms with van der Waals surface area (Å²) in [4.78, 5) is 12.3. The van der Waals surface area contributed by atoms with Crippen molar-refractivity contribution in [3.05, 3.63) is 77.3 Å². The summed E-state index contributed by atoms with van der Waals surface area (Å²) in [6.45, 7) is 2.09. The van der Waals surface area contributed by atoms with Gasteiger partial charge in [-0.05, 0) is 47.9 Å². The zero-order chi connectivity index (χ0) is 17.8. The third-order valence-corrected chi connectivity index (χ3v) is 4.12. The molecule has 0 aliphatic heterocycles. The predicted octanol–water partition coefficient (Wildman–Crippen LogP) is 5.56. The van der Waals surface area contributed by atoms with Gasteiger partial charge in [-0.15, -0.1) is 0 Å². The Labute approximate surface area is 151 Å². The van der Waals surface area contributed by atoms with E-state index < -0.39 is 0 Å². The second-order valence-corrected chi connectivity index (χ2v) is 5.91. The molecular weight excluding hydrogens is 336 g/mol. The van der Waals surface area contributed by atoms with Crippen molar-refractivity contribution in [1.29, 1.82) is 0 Å². The first-order valence-corrected chi connectivity index (χ1v) is 8.34. The summed E-state index contributed by atoms with van der Waals surface area (Å²) in [6, 6.07) is 19.8. The van der Waals surface area contributed by atoms with Crippen molar-refractivity contribution in [2.75, 3.05) is 6.61 Å². The molecule has 0 spiro atoms. The number of benzene rings is 3. The molecule has 0 saturated heterocycles. The van der Waals surface area contributed by atoms with Crippen LogP contribution in [0.25, 0.3) is 22.3 Å². The van der Waals surface area contributed by atoms with E-state index in [-0.39, 0.29) is 11.7 Å². The van der Waals surface area contributed by atoms with Crippen LogP contribution in [0.5, 0.6) is 5.75 Å². The number of halogens is 1. The van der Waals surface area contributed by atoms with Crippen LogP contribution < -0.4 is 0 Å². The van der Waals surface area contributed by atoms with Crippen LogP contribution >= 0.6 is 11.6 Å². The van der Waals surface area contributed by atoms with Gasteiger partial charge < -0.3 is 9.84 Å². The molecule has 0 bridgehead atoms. The SMILES string of the molecule is CCOC(=O)c1ccccc1-c1ccccc1-c1cc(Cl)ccc1O. The maximum absolute atomic E-state index is 12.3. The lowest BCUT2D eigenvalue weighted by atomic mass is 9.91. The second kappa shape index (κ2) is 7.41. The van der Waals surface area contributed by atoms with Crippen molar-refractivity contribution in [2.45, 2.75) is 6.92 Å². The molecule has 0 radical (unpaired) electrons. The molecule has 25 heavy (non-hydrogen) atoms. The molecule has 4 heteroatoms. The molecule has 0 heterocycles. The Hall–Kier alpha value is -2.78. The minimum absolute atomic E-state index is 0.130. The van der Waals surface area contributed by atoms with E-state index in [2.05, 4.69) is 0 Å². The summed E-state index contributed by atoms with van der Waals surface area (Å²) < 4.78 is 5.17. The number of hydrogen-bond acceptors (Lipinski definition) is 3. The van der Waals surface area contributed by atoms with Crippen LogP contribution in [-0.2, 0) is 4.74 Å². The highest BCUT2D eigenvalue weighted by molar-refractivity contribution is 6.31. The Morgan fingerprint density at radius 3 is 2.20 bits per heavy atom. The number of hydrogen-bond donors (Lipinski definition) is 1. The van der Waals surface area contributed by atoms with Crippen LogP contribution in [0.2, 0.25) is 5.02 Å². The number of aromatic hydroxyl groups is 1. The average Bonchev–Trinajstić information content (AvgIpc) is 2.64. The van der Waals surface area contributed by atoms with Crippen LogP contribution in [0.4, 0.5) is 0 Å². The van der Waals surface area contributed by atoms with E-state index in [0.29, 0.717) is 22.8 Å². The second-order valence-electron chi connectivity index (χ2n) is 5.47. The standard InChI is InChI=1S/C21H17ClO3/c1-2-25-21(24)18-10-6-5-8-16(18)15-7-3-4-9-17(15)19-13-14(22)11-12-20(19)23/h3-13,23H,2H2,1H3. The molecule has 0 aliphatic carbocycles. The van der Waals surface area contributed by atoms with Gasteiger partial charge in [0.1, 0.15) is 5.75 Å². The van der Waals surface area contributed by atoms with E-state index in [9.17, 15) is 9.90 Å². The first kappa shape index (κ1) is 17.1. The number of rotatable bonds is 4. The Bertz CT molecular complexity index is 919. The summed E-state index contributed by atoms with van der Waals surface area (Å²) in [6.07, 6.45) is 0. The quantitative estimate of drug-likeness (QED) is 0.625. The molecule has 3 nitrogen and oxygen atoms in total.